The molecule has 2 spiro atoms. The Morgan fingerprint density at radius 3 is 0.889 bits per heavy atom. The van der Waals surface area contributed by atoms with Crippen LogP contribution in [0.15, 0.2) is 223 Å². The lowest BCUT2D eigenvalue weighted by atomic mass is 9.70. The number of hydrogen-bond acceptors (Lipinski definition) is 1. The third-order valence-corrected chi connectivity index (χ3v) is 15.1. The summed E-state index contributed by atoms with van der Waals surface area (Å²) in [5.74, 6) is 0. The summed E-state index contributed by atoms with van der Waals surface area (Å²) in [7, 11) is 0. The van der Waals surface area contributed by atoms with E-state index in [0.717, 1.165) is 21.9 Å². The maximum absolute atomic E-state index is 6.64. The largest absolute Gasteiger partial charge is 0.456 e. The summed E-state index contributed by atoms with van der Waals surface area (Å²) in [5, 5.41) is 2.25. The Morgan fingerprint density at radius 2 is 0.524 bits per heavy atom. The van der Waals surface area contributed by atoms with Crippen molar-refractivity contribution in [3.63, 3.8) is 0 Å². The first kappa shape index (κ1) is 33.7. The van der Waals surface area contributed by atoms with Crippen molar-refractivity contribution in [3.05, 3.63) is 263 Å². The van der Waals surface area contributed by atoms with Crippen molar-refractivity contribution < 1.29 is 4.42 Å². The van der Waals surface area contributed by atoms with E-state index in [1.165, 1.54) is 111 Å². The first-order valence-electron chi connectivity index (χ1n) is 22.1. The van der Waals surface area contributed by atoms with Crippen molar-refractivity contribution in [2.75, 3.05) is 0 Å². The van der Waals surface area contributed by atoms with Gasteiger partial charge in [-0.1, -0.05) is 194 Å². The molecule has 0 bridgehead atoms. The van der Waals surface area contributed by atoms with Crippen LogP contribution in [0.4, 0.5) is 0 Å². The summed E-state index contributed by atoms with van der Waals surface area (Å²) in [6.07, 6.45) is 0. The molecule has 290 valence electrons. The molecule has 4 aliphatic rings. The molecule has 63 heavy (non-hydrogen) atoms. The summed E-state index contributed by atoms with van der Waals surface area (Å²) in [6, 6.07) is 81.8. The third-order valence-electron chi connectivity index (χ3n) is 15.1. The fourth-order valence-corrected chi connectivity index (χ4v) is 12.9. The summed E-state index contributed by atoms with van der Waals surface area (Å²) < 4.78 is 6.64. The van der Waals surface area contributed by atoms with Gasteiger partial charge in [0.15, 0.2) is 0 Å². The van der Waals surface area contributed by atoms with E-state index in [1.807, 2.05) is 0 Å². The molecule has 0 amide bonds. The zero-order valence-corrected chi connectivity index (χ0v) is 34.2. The number of furan rings is 1. The van der Waals surface area contributed by atoms with Crippen LogP contribution in [-0.4, -0.2) is 0 Å². The molecule has 1 aromatic heterocycles. The van der Waals surface area contributed by atoms with Gasteiger partial charge in [-0.3, -0.25) is 0 Å². The molecule has 1 nitrogen and oxygen atoms in total. The zero-order chi connectivity index (χ0) is 41.0. The van der Waals surface area contributed by atoms with Crippen molar-refractivity contribution >= 4 is 21.9 Å². The molecular weight excluding hydrogens is 761 g/mol. The van der Waals surface area contributed by atoms with Gasteiger partial charge in [-0.25, -0.2) is 0 Å². The molecule has 0 atom stereocenters. The van der Waals surface area contributed by atoms with Gasteiger partial charge in [0, 0.05) is 10.8 Å². The van der Waals surface area contributed by atoms with Crippen LogP contribution in [0.1, 0.15) is 44.5 Å². The van der Waals surface area contributed by atoms with Crippen LogP contribution in [-0.2, 0) is 10.8 Å². The standard InChI is InChI=1S/C62H36O/c1-7-23-49-41(15-1)42-16-2-8-24-50(42)61(49)53-27-11-5-19-45(53)59-39(21-13-29-55(59)61)37-31-33-57-47(35-37)48-36-38(32-34-58(48)63-57)40-22-14-30-56-60(40)46-20-6-12-28-54(46)62(56)51-25-9-3-17-43(51)44-18-4-10-26-52(44)62/h1-36H. The van der Waals surface area contributed by atoms with Gasteiger partial charge in [0.1, 0.15) is 11.2 Å². The number of fused-ring (bicyclic) bond motifs is 23. The van der Waals surface area contributed by atoms with E-state index in [1.54, 1.807) is 0 Å². The SMILES string of the molecule is c1ccc2c(c1)-c1ccccc1C21c2ccccc2-c2c(-c3ccc4oc5ccc(-c6cccc7c6-c6ccccc6C76c7ccccc7-c7ccccc76)cc5c4c3)cccc21. The summed E-state index contributed by atoms with van der Waals surface area (Å²) >= 11 is 0. The van der Waals surface area contributed by atoms with Crippen molar-refractivity contribution in [1.82, 2.24) is 0 Å². The number of benzene rings is 10. The predicted molar refractivity (Wildman–Crippen MR) is 257 cm³/mol. The highest BCUT2D eigenvalue weighted by molar-refractivity contribution is 6.10. The van der Waals surface area contributed by atoms with Gasteiger partial charge in [-0.15, -0.1) is 0 Å². The molecule has 0 saturated carbocycles. The van der Waals surface area contributed by atoms with Crippen molar-refractivity contribution in [2.45, 2.75) is 10.8 Å². The highest BCUT2D eigenvalue weighted by Crippen LogP contribution is 2.65. The fraction of sp³-hybridized carbons (Fsp3) is 0.0323. The van der Waals surface area contributed by atoms with Crippen LogP contribution in [0.5, 0.6) is 0 Å². The van der Waals surface area contributed by atoms with Gasteiger partial charge >= 0.3 is 0 Å². The summed E-state index contributed by atoms with van der Waals surface area (Å²) in [4.78, 5) is 0. The van der Waals surface area contributed by atoms with Gasteiger partial charge in [0.05, 0.1) is 10.8 Å². The molecule has 15 rings (SSSR count). The molecule has 0 unspecified atom stereocenters. The lowest BCUT2D eigenvalue weighted by Gasteiger charge is -2.30. The Balaban J connectivity index is 0.932. The zero-order valence-electron chi connectivity index (χ0n) is 34.2. The van der Waals surface area contributed by atoms with Gasteiger partial charge < -0.3 is 4.42 Å². The normalized spacial score (nSPS) is 14.6. The quantitative estimate of drug-likeness (QED) is 0.170. The maximum atomic E-state index is 6.64. The molecule has 0 saturated heterocycles. The molecule has 0 N–H and O–H groups in total. The molecule has 0 fully saturated rings. The maximum Gasteiger partial charge on any atom is 0.135 e. The minimum atomic E-state index is -0.383. The fourth-order valence-electron chi connectivity index (χ4n) is 12.9. The van der Waals surface area contributed by atoms with E-state index in [9.17, 15) is 0 Å². The van der Waals surface area contributed by atoms with Crippen molar-refractivity contribution in [1.29, 1.82) is 0 Å². The topological polar surface area (TPSA) is 13.1 Å². The van der Waals surface area contributed by atoms with Crippen molar-refractivity contribution in [2.24, 2.45) is 0 Å². The van der Waals surface area contributed by atoms with Crippen LogP contribution in [0.2, 0.25) is 0 Å². The molecule has 0 radical (unpaired) electrons. The Bertz CT molecular complexity index is 3480. The highest BCUT2D eigenvalue weighted by Gasteiger charge is 2.53. The van der Waals surface area contributed by atoms with Crippen molar-refractivity contribution in [3.8, 4) is 66.8 Å². The van der Waals surface area contributed by atoms with Gasteiger partial charge in [-0.2, -0.15) is 0 Å². The lowest BCUT2D eigenvalue weighted by Crippen LogP contribution is -2.25. The second-order valence-electron chi connectivity index (χ2n) is 17.8. The van der Waals surface area contributed by atoms with Gasteiger partial charge in [-0.05, 0) is 136 Å². The highest BCUT2D eigenvalue weighted by atomic mass is 16.3. The number of hydrogen-bond donors (Lipinski definition) is 0. The third kappa shape index (κ3) is 3.96. The molecule has 1 heterocycles. The average molecular weight is 797 g/mol. The Kier molecular flexibility index (Phi) is 6.35. The van der Waals surface area contributed by atoms with Crippen LogP contribution in [0.25, 0.3) is 88.7 Å². The van der Waals surface area contributed by atoms with E-state index in [0.29, 0.717) is 0 Å². The van der Waals surface area contributed by atoms with Gasteiger partial charge in [0.25, 0.3) is 0 Å². The van der Waals surface area contributed by atoms with E-state index < -0.39 is 0 Å². The van der Waals surface area contributed by atoms with Crippen LogP contribution in [0.3, 0.4) is 0 Å². The van der Waals surface area contributed by atoms with Crippen LogP contribution < -0.4 is 0 Å². The number of rotatable bonds is 2. The Labute approximate surface area is 365 Å². The summed E-state index contributed by atoms with van der Waals surface area (Å²) in [5.41, 5.74) is 27.3. The second kappa shape index (κ2) is 11.9. The monoisotopic (exact) mass is 796 g/mol. The van der Waals surface area contributed by atoms with E-state index in [4.69, 9.17) is 4.42 Å². The molecule has 11 aromatic rings. The van der Waals surface area contributed by atoms with Crippen LogP contribution in [0, 0.1) is 0 Å². The van der Waals surface area contributed by atoms with E-state index >= 15 is 0 Å². The smallest absolute Gasteiger partial charge is 0.135 e. The summed E-state index contributed by atoms with van der Waals surface area (Å²) in [6.45, 7) is 0. The molecule has 1 heteroatoms. The van der Waals surface area contributed by atoms with E-state index in [2.05, 4.69) is 218 Å². The average Bonchev–Trinajstić information content (AvgIpc) is 4.12. The molecule has 10 aromatic carbocycles. The minimum absolute atomic E-state index is 0.383. The van der Waals surface area contributed by atoms with E-state index in [-0.39, 0.29) is 10.8 Å². The first-order valence-corrected chi connectivity index (χ1v) is 22.1. The van der Waals surface area contributed by atoms with Crippen LogP contribution >= 0.6 is 0 Å². The molecular formula is C62H36O. The molecule has 0 aliphatic heterocycles. The lowest BCUT2D eigenvalue weighted by molar-refractivity contribution is 0.669. The minimum Gasteiger partial charge on any atom is -0.456 e. The second-order valence-corrected chi connectivity index (χ2v) is 17.8. The Morgan fingerprint density at radius 1 is 0.238 bits per heavy atom. The predicted octanol–water partition coefficient (Wildman–Crippen LogP) is 15.6. The first-order chi connectivity index (χ1) is 31.3. The Hall–Kier alpha value is -8.00. The van der Waals surface area contributed by atoms with Gasteiger partial charge in [0.2, 0.25) is 0 Å². The molecule has 4 aliphatic carbocycles.